The smallest absolute Gasteiger partial charge is 0.261 e. The molecular weight excluding hydrogens is 390 g/mol. The number of carbonyl (C=O) groups excluding carboxylic acids is 3. The molecule has 1 fully saturated rings. The molecule has 0 bridgehead atoms. The van der Waals surface area contributed by atoms with Crippen molar-refractivity contribution in [1.29, 1.82) is 0 Å². The van der Waals surface area contributed by atoms with E-state index in [2.05, 4.69) is 17.1 Å². The number of likely N-dealkylation sites (tertiary alicyclic amines) is 1. The summed E-state index contributed by atoms with van der Waals surface area (Å²) in [4.78, 5) is 41.7. The van der Waals surface area contributed by atoms with E-state index in [9.17, 15) is 14.4 Å². The molecule has 0 saturated carbocycles. The molecule has 164 valence electrons. The van der Waals surface area contributed by atoms with Gasteiger partial charge in [0.05, 0.1) is 0 Å². The molecule has 1 saturated heterocycles. The van der Waals surface area contributed by atoms with Gasteiger partial charge in [0.15, 0.2) is 0 Å². The lowest BCUT2D eigenvalue weighted by Crippen LogP contribution is -2.41. The van der Waals surface area contributed by atoms with Crippen molar-refractivity contribution in [3.63, 3.8) is 0 Å². The van der Waals surface area contributed by atoms with E-state index in [1.54, 1.807) is 12.1 Å². The molecule has 0 aliphatic carbocycles. The normalized spacial score (nSPS) is 17.4. The van der Waals surface area contributed by atoms with Crippen LogP contribution in [0.5, 0.6) is 0 Å². The average molecular weight is 422 g/mol. The summed E-state index contributed by atoms with van der Waals surface area (Å²) in [5.74, 6) is 0.263. The highest BCUT2D eigenvalue weighted by molar-refractivity contribution is 6.25. The standard InChI is InChI=1S/C25H31N3O3/c1-18-11-16-27(17-12-18)14-5-13-26-22(29)10-4-15-28-24(30)20-8-2-6-19-7-3-9-21(23(19)20)25(28)31/h2-3,6-9,18H,4-5,10-17H2,1H3,(H,26,29). The molecule has 1 N–H and O–H groups in total. The molecule has 2 aromatic rings. The number of imide groups is 1. The molecular formula is C25H31N3O3. The number of hydrogen-bond acceptors (Lipinski definition) is 4. The van der Waals surface area contributed by atoms with Gasteiger partial charge in [-0.3, -0.25) is 19.3 Å². The maximum absolute atomic E-state index is 12.9. The van der Waals surface area contributed by atoms with Crippen LogP contribution in [0.3, 0.4) is 0 Å². The van der Waals surface area contributed by atoms with Gasteiger partial charge in [0.2, 0.25) is 5.91 Å². The summed E-state index contributed by atoms with van der Waals surface area (Å²) in [5, 5.41) is 4.60. The number of nitrogens with one attached hydrogen (secondary N) is 1. The first-order valence-corrected chi connectivity index (χ1v) is 11.4. The third kappa shape index (κ3) is 4.79. The molecule has 2 heterocycles. The fourth-order valence-corrected chi connectivity index (χ4v) is 4.59. The summed E-state index contributed by atoms with van der Waals surface area (Å²) in [6.45, 7) is 6.56. The van der Waals surface area contributed by atoms with Gasteiger partial charge < -0.3 is 10.2 Å². The van der Waals surface area contributed by atoms with Gasteiger partial charge in [-0.15, -0.1) is 0 Å². The Bertz CT molecular complexity index is 928. The lowest BCUT2D eigenvalue weighted by molar-refractivity contribution is -0.121. The SMILES string of the molecule is CC1CCN(CCCNC(=O)CCCN2C(=O)c3cccc4cccc(c34)C2=O)CC1. The molecule has 6 nitrogen and oxygen atoms in total. The largest absolute Gasteiger partial charge is 0.356 e. The van der Waals surface area contributed by atoms with E-state index >= 15 is 0 Å². The van der Waals surface area contributed by atoms with E-state index in [1.165, 1.54) is 17.7 Å². The van der Waals surface area contributed by atoms with Gasteiger partial charge in [0, 0.05) is 36.0 Å². The monoisotopic (exact) mass is 421 g/mol. The molecule has 3 amide bonds. The van der Waals surface area contributed by atoms with Crippen LogP contribution in [0, 0.1) is 5.92 Å². The Morgan fingerprint density at radius 3 is 2.26 bits per heavy atom. The highest BCUT2D eigenvalue weighted by Crippen LogP contribution is 2.30. The van der Waals surface area contributed by atoms with Gasteiger partial charge in [-0.1, -0.05) is 31.2 Å². The number of benzene rings is 2. The fraction of sp³-hybridized carbons (Fsp3) is 0.480. The van der Waals surface area contributed by atoms with Crippen molar-refractivity contribution < 1.29 is 14.4 Å². The number of piperidine rings is 1. The van der Waals surface area contributed by atoms with Crippen molar-refractivity contribution in [2.75, 3.05) is 32.7 Å². The molecule has 0 unspecified atom stereocenters. The first-order valence-electron chi connectivity index (χ1n) is 11.4. The van der Waals surface area contributed by atoms with Crippen LogP contribution in [-0.2, 0) is 4.79 Å². The van der Waals surface area contributed by atoms with Gasteiger partial charge in [0.1, 0.15) is 0 Å². The Balaban J connectivity index is 1.22. The van der Waals surface area contributed by atoms with Crippen molar-refractivity contribution in [3.05, 3.63) is 47.5 Å². The van der Waals surface area contributed by atoms with E-state index in [1.807, 2.05) is 24.3 Å². The predicted octanol–water partition coefficient (Wildman–Crippen LogP) is 3.45. The molecule has 0 radical (unpaired) electrons. The van der Waals surface area contributed by atoms with E-state index < -0.39 is 0 Å². The number of carbonyl (C=O) groups is 3. The minimum atomic E-state index is -0.273. The van der Waals surface area contributed by atoms with Gasteiger partial charge in [0.25, 0.3) is 11.8 Å². The maximum atomic E-state index is 12.9. The number of rotatable bonds is 8. The lowest BCUT2D eigenvalue weighted by atomic mass is 9.94. The zero-order valence-corrected chi connectivity index (χ0v) is 18.2. The van der Waals surface area contributed by atoms with Gasteiger partial charge in [-0.25, -0.2) is 0 Å². The zero-order valence-electron chi connectivity index (χ0n) is 18.2. The van der Waals surface area contributed by atoms with Gasteiger partial charge >= 0.3 is 0 Å². The minimum Gasteiger partial charge on any atom is -0.356 e. The fourth-order valence-electron chi connectivity index (χ4n) is 4.59. The maximum Gasteiger partial charge on any atom is 0.261 e. The predicted molar refractivity (Wildman–Crippen MR) is 121 cm³/mol. The highest BCUT2D eigenvalue weighted by Gasteiger charge is 2.32. The van der Waals surface area contributed by atoms with Crippen LogP contribution in [0.1, 0.15) is 59.7 Å². The van der Waals surface area contributed by atoms with E-state index in [4.69, 9.17) is 0 Å². The quantitative estimate of drug-likeness (QED) is 0.524. The Hall–Kier alpha value is -2.73. The van der Waals surface area contributed by atoms with Crippen LogP contribution in [-0.4, -0.2) is 60.2 Å². The lowest BCUT2D eigenvalue weighted by Gasteiger charge is -2.30. The second kappa shape index (κ2) is 9.60. The van der Waals surface area contributed by atoms with Crippen LogP contribution in [0.2, 0.25) is 0 Å². The summed E-state index contributed by atoms with van der Waals surface area (Å²) in [5.41, 5.74) is 1.12. The summed E-state index contributed by atoms with van der Waals surface area (Å²) < 4.78 is 0. The van der Waals surface area contributed by atoms with Crippen LogP contribution < -0.4 is 5.32 Å². The molecule has 0 spiro atoms. The van der Waals surface area contributed by atoms with E-state index in [0.717, 1.165) is 42.7 Å². The van der Waals surface area contributed by atoms with Crippen LogP contribution in [0.15, 0.2) is 36.4 Å². The third-order valence-electron chi connectivity index (χ3n) is 6.49. The van der Waals surface area contributed by atoms with Gasteiger partial charge in [-0.05, 0) is 68.8 Å². The number of hydrogen-bond donors (Lipinski definition) is 1. The van der Waals surface area contributed by atoms with Crippen molar-refractivity contribution in [1.82, 2.24) is 15.1 Å². The second-order valence-corrected chi connectivity index (χ2v) is 8.80. The Morgan fingerprint density at radius 1 is 0.968 bits per heavy atom. The summed E-state index contributed by atoms with van der Waals surface area (Å²) in [6.07, 6.45) is 4.25. The second-order valence-electron chi connectivity index (χ2n) is 8.80. The molecule has 2 aromatic carbocycles. The van der Waals surface area contributed by atoms with Crippen molar-refractivity contribution in [3.8, 4) is 0 Å². The third-order valence-corrected chi connectivity index (χ3v) is 6.49. The van der Waals surface area contributed by atoms with E-state index in [0.29, 0.717) is 30.5 Å². The van der Waals surface area contributed by atoms with Crippen LogP contribution >= 0.6 is 0 Å². The summed E-state index contributed by atoms with van der Waals surface area (Å²) in [6, 6.07) is 11.0. The molecule has 2 aliphatic rings. The number of nitrogens with zero attached hydrogens (tertiary/aromatic N) is 2. The first-order chi connectivity index (χ1) is 15.0. The molecule has 6 heteroatoms. The van der Waals surface area contributed by atoms with Crippen LogP contribution in [0.4, 0.5) is 0 Å². The first kappa shape index (κ1) is 21.5. The Labute approximate surface area is 183 Å². The molecule has 0 atom stereocenters. The van der Waals surface area contributed by atoms with Crippen LogP contribution in [0.25, 0.3) is 10.8 Å². The van der Waals surface area contributed by atoms with Crippen molar-refractivity contribution >= 4 is 28.5 Å². The van der Waals surface area contributed by atoms with Gasteiger partial charge in [-0.2, -0.15) is 0 Å². The Morgan fingerprint density at radius 2 is 1.61 bits per heavy atom. The number of amides is 3. The molecule has 0 aromatic heterocycles. The van der Waals surface area contributed by atoms with E-state index in [-0.39, 0.29) is 24.3 Å². The summed E-state index contributed by atoms with van der Waals surface area (Å²) in [7, 11) is 0. The Kier molecular flexibility index (Phi) is 6.66. The molecule has 2 aliphatic heterocycles. The molecule has 4 rings (SSSR count). The minimum absolute atomic E-state index is 0.0216. The molecule has 31 heavy (non-hydrogen) atoms. The van der Waals surface area contributed by atoms with Crippen molar-refractivity contribution in [2.24, 2.45) is 5.92 Å². The topological polar surface area (TPSA) is 69.7 Å². The zero-order chi connectivity index (χ0) is 21.8. The van der Waals surface area contributed by atoms with Crippen molar-refractivity contribution in [2.45, 2.75) is 39.0 Å². The average Bonchev–Trinajstić information content (AvgIpc) is 2.78. The highest BCUT2D eigenvalue weighted by atomic mass is 16.2. The summed E-state index contributed by atoms with van der Waals surface area (Å²) >= 11 is 0.